The van der Waals surface area contributed by atoms with Gasteiger partial charge in [-0.15, -0.1) is 0 Å². The van der Waals surface area contributed by atoms with Crippen molar-refractivity contribution in [3.05, 3.63) is 53.6 Å². The highest BCUT2D eigenvalue weighted by atomic mass is 32.1. The van der Waals surface area contributed by atoms with Crippen LogP contribution in [-0.2, 0) is 6.54 Å². The molecule has 0 saturated carbocycles. The van der Waals surface area contributed by atoms with Gasteiger partial charge in [0.25, 0.3) is 0 Å². The zero-order valence-corrected chi connectivity index (χ0v) is 15.9. The summed E-state index contributed by atoms with van der Waals surface area (Å²) in [5.41, 5.74) is 4.76. The highest BCUT2D eigenvalue weighted by Crippen LogP contribution is 2.26. The van der Waals surface area contributed by atoms with E-state index in [0.717, 1.165) is 16.9 Å². The van der Waals surface area contributed by atoms with Gasteiger partial charge in [0.15, 0.2) is 16.6 Å². The molecular formula is C19H23N3O3S. The van der Waals surface area contributed by atoms with Crippen LogP contribution in [0.2, 0.25) is 0 Å². The Morgan fingerprint density at radius 2 is 1.81 bits per heavy atom. The summed E-state index contributed by atoms with van der Waals surface area (Å²) in [7, 11) is 3.19. The molecule has 2 aromatic rings. The molecule has 2 aromatic carbocycles. The zero-order valence-electron chi connectivity index (χ0n) is 15.1. The van der Waals surface area contributed by atoms with Crippen molar-refractivity contribution >= 4 is 23.5 Å². The van der Waals surface area contributed by atoms with Gasteiger partial charge < -0.3 is 19.5 Å². The van der Waals surface area contributed by atoms with Crippen LogP contribution in [-0.4, -0.2) is 32.2 Å². The minimum absolute atomic E-state index is 0.440. The average molecular weight is 373 g/mol. The fourth-order valence-corrected chi connectivity index (χ4v) is 2.32. The third kappa shape index (κ3) is 5.93. The molecule has 2 rings (SSSR count). The molecule has 0 radical (unpaired) electrons. The lowest BCUT2D eigenvalue weighted by atomic mass is 10.2. The van der Waals surface area contributed by atoms with Crippen molar-refractivity contribution in [3.63, 3.8) is 0 Å². The number of nitrogens with one attached hydrogen (secondary N) is 2. The molecule has 0 aromatic heterocycles. The third-order valence-corrected chi connectivity index (χ3v) is 3.71. The molecule has 0 amide bonds. The quantitative estimate of drug-likeness (QED) is 0.421. The fourth-order valence-electron chi connectivity index (χ4n) is 2.19. The second-order valence-electron chi connectivity index (χ2n) is 5.24. The normalized spacial score (nSPS) is 10.4. The molecule has 0 atom stereocenters. The van der Waals surface area contributed by atoms with E-state index in [1.54, 1.807) is 20.4 Å². The van der Waals surface area contributed by atoms with E-state index < -0.39 is 0 Å². The topological polar surface area (TPSA) is 64.1 Å². The molecule has 0 aliphatic rings. The van der Waals surface area contributed by atoms with Gasteiger partial charge in [-0.3, -0.25) is 5.43 Å². The van der Waals surface area contributed by atoms with Crippen molar-refractivity contribution in [1.82, 2.24) is 10.7 Å². The van der Waals surface area contributed by atoms with Gasteiger partial charge in [-0.25, -0.2) is 0 Å². The molecule has 0 aliphatic heterocycles. The molecule has 0 aliphatic carbocycles. The van der Waals surface area contributed by atoms with Gasteiger partial charge in [0.2, 0.25) is 0 Å². The second kappa shape index (κ2) is 10.2. The Bertz CT molecular complexity index is 748. The number of methoxy groups -OCH3 is 2. The summed E-state index contributed by atoms with van der Waals surface area (Å²) in [6, 6.07) is 13.4. The van der Waals surface area contributed by atoms with Crippen LogP contribution in [0, 0.1) is 0 Å². The van der Waals surface area contributed by atoms with Gasteiger partial charge in [0.05, 0.1) is 27.0 Å². The van der Waals surface area contributed by atoms with Gasteiger partial charge in [0, 0.05) is 6.54 Å². The van der Waals surface area contributed by atoms with Crippen LogP contribution in [0.4, 0.5) is 0 Å². The number of hydrogen-bond donors (Lipinski definition) is 2. The van der Waals surface area contributed by atoms with Gasteiger partial charge in [-0.2, -0.15) is 5.10 Å². The summed E-state index contributed by atoms with van der Waals surface area (Å²) in [4.78, 5) is 0. The zero-order chi connectivity index (χ0) is 18.8. The number of rotatable bonds is 8. The predicted molar refractivity (Wildman–Crippen MR) is 107 cm³/mol. The van der Waals surface area contributed by atoms with Crippen molar-refractivity contribution in [2.75, 3.05) is 20.8 Å². The van der Waals surface area contributed by atoms with Crippen molar-refractivity contribution in [2.45, 2.75) is 13.5 Å². The molecule has 2 N–H and O–H groups in total. The van der Waals surface area contributed by atoms with Crippen LogP contribution in [0.15, 0.2) is 47.6 Å². The number of hydrogen-bond acceptors (Lipinski definition) is 5. The first-order valence-electron chi connectivity index (χ1n) is 8.17. The Labute approximate surface area is 159 Å². The molecule has 7 heteroatoms. The Hall–Kier alpha value is -2.80. The monoisotopic (exact) mass is 373 g/mol. The molecule has 0 saturated heterocycles. The summed E-state index contributed by atoms with van der Waals surface area (Å²) >= 11 is 5.22. The predicted octanol–water partition coefficient (Wildman–Crippen LogP) is 3.10. The first-order valence-corrected chi connectivity index (χ1v) is 8.57. The lowest BCUT2D eigenvalue weighted by Crippen LogP contribution is -2.31. The Morgan fingerprint density at radius 3 is 2.46 bits per heavy atom. The fraction of sp³-hybridized carbons (Fsp3) is 0.263. The van der Waals surface area contributed by atoms with Gasteiger partial charge in [-0.1, -0.05) is 12.1 Å². The molecule has 0 unspecified atom stereocenters. The van der Waals surface area contributed by atoms with E-state index >= 15 is 0 Å². The molecule has 26 heavy (non-hydrogen) atoms. The number of ether oxygens (including phenoxy) is 3. The van der Waals surface area contributed by atoms with Crippen molar-refractivity contribution in [2.24, 2.45) is 5.10 Å². The van der Waals surface area contributed by atoms with Gasteiger partial charge in [-0.05, 0) is 60.6 Å². The Kier molecular flexibility index (Phi) is 7.70. The van der Waals surface area contributed by atoms with E-state index in [9.17, 15) is 0 Å². The van der Waals surface area contributed by atoms with Crippen LogP contribution in [0.3, 0.4) is 0 Å². The van der Waals surface area contributed by atoms with E-state index in [0.29, 0.717) is 29.8 Å². The number of hydrazone groups is 1. The maximum Gasteiger partial charge on any atom is 0.187 e. The van der Waals surface area contributed by atoms with Crippen molar-refractivity contribution in [1.29, 1.82) is 0 Å². The molecule has 0 spiro atoms. The van der Waals surface area contributed by atoms with E-state index in [4.69, 9.17) is 26.4 Å². The van der Waals surface area contributed by atoms with Crippen molar-refractivity contribution in [3.8, 4) is 17.2 Å². The summed E-state index contributed by atoms with van der Waals surface area (Å²) in [5, 5.41) is 7.67. The van der Waals surface area contributed by atoms with Crippen LogP contribution >= 0.6 is 12.2 Å². The van der Waals surface area contributed by atoms with E-state index in [1.165, 1.54) is 0 Å². The first kappa shape index (κ1) is 19.5. The van der Waals surface area contributed by atoms with E-state index in [-0.39, 0.29) is 0 Å². The SMILES string of the molecule is CCOc1ccc(CNC(=S)N/N=C\c2ccc(OC)c(OC)c2)cc1. The summed E-state index contributed by atoms with van der Waals surface area (Å²) in [6.07, 6.45) is 1.66. The van der Waals surface area contributed by atoms with Crippen LogP contribution < -0.4 is 25.0 Å². The number of nitrogens with zero attached hydrogens (tertiary/aromatic N) is 1. The van der Waals surface area contributed by atoms with Gasteiger partial charge in [0.1, 0.15) is 5.75 Å². The largest absolute Gasteiger partial charge is 0.494 e. The van der Waals surface area contributed by atoms with Gasteiger partial charge >= 0.3 is 0 Å². The minimum Gasteiger partial charge on any atom is -0.494 e. The van der Waals surface area contributed by atoms with Crippen LogP contribution in [0.25, 0.3) is 0 Å². The smallest absolute Gasteiger partial charge is 0.187 e. The maximum atomic E-state index is 5.42. The standard InChI is InChI=1S/C19H23N3O3S/c1-4-25-16-8-5-14(6-9-16)12-20-19(26)22-21-13-15-7-10-17(23-2)18(11-15)24-3/h5-11,13H,4,12H2,1-3H3,(H2,20,22,26)/b21-13-. The third-order valence-electron chi connectivity index (χ3n) is 3.47. The molecule has 0 bridgehead atoms. The van der Waals surface area contributed by atoms with Crippen molar-refractivity contribution < 1.29 is 14.2 Å². The molecule has 0 fully saturated rings. The van der Waals surface area contributed by atoms with E-state index in [1.807, 2.05) is 49.4 Å². The average Bonchev–Trinajstić information content (AvgIpc) is 2.67. The second-order valence-corrected chi connectivity index (χ2v) is 5.65. The summed E-state index contributed by atoms with van der Waals surface area (Å²) in [6.45, 7) is 3.22. The Balaban J connectivity index is 1.81. The lowest BCUT2D eigenvalue weighted by molar-refractivity contribution is 0.340. The Morgan fingerprint density at radius 1 is 1.08 bits per heavy atom. The minimum atomic E-state index is 0.440. The van der Waals surface area contributed by atoms with Crippen LogP contribution in [0.5, 0.6) is 17.2 Å². The molecule has 6 nitrogen and oxygen atoms in total. The maximum absolute atomic E-state index is 5.42. The highest BCUT2D eigenvalue weighted by molar-refractivity contribution is 7.80. The molecule has 0 heterocycles. The summed E-state index contributed by atoms with van der Waals surface area (Å²) < 4.78 is 15.9. The highest BCUT2D eigenvalue weighted by Gasteiger charge is 2.03. The summed E-state index contributed by atoms with van der Waals surface area (Å²) in [5.74, 6) is 2.18. The lowest BCUT2D eigenvalue weighted by Gasteiger charge is -2.09. The first-order chi connectivity index (χ1) is 12.7. The van der Waals surface area contributed by atoms with Crippen LogP contribution in [0.1, 0.15) is 18.1 Å². The molecular weight excluding hydrogens is 350 g/mol. The number of benzene rings is 2. The van der Waals surface area contributed by atoms with E-state index in [2.05, 4.69) is 15.8 Å². The number of thiocarbonyl (C=S) groups is 1. The molecule has 138 valence electrons.